The monoisotopic (exact) mass is 404 g/mol. The number of amides is 1. The second-order valence-corrected chi connectivity index (χ2v) is 7.72. The maximum Gasteiger partial charge on any atom is 0.242 e. The first-order valence-electron chi connectivity index (χ1n) is 10.4. The number of rotatable bonds is 6. The highest BCUT2D eigenvalue weighted by Gasteiger charge is 2.35. The van der Waals surface area contributed by atoms with Crippen molar-refractivity contribution in [2.24, 2.45) is 0 Å². The minimum atomic E-state index is -0.363. The Kier molecular flexibility index (Phi) is 5.86. The Hall–Kier alpha value is -3.12. The van der Waals surface area contributed by atoms with Gasteiger partial charge in [-0.25, -0.2) is 4.68 Å². The van der Waals surface area contributed by atoms with Gasteiger partial charge in [-0.3, -0.25) is 9.69 Å². The fraction of sp³-hybridized carbons (Fsp3) is 0.333. The third-order valence-electron chi connectivity index (χ3n) is 5.60. The van der Waals surface area contributed by atoms with Gasteiger partial charge in [0.25, 0.3) is 0 Å². The van der Waals surface area contributed by atoms with E-state index >= 15 is 0 Å². The number of nitrogens with one attached hydrogen (secondary N) is 1. The zero-order chi connectivity index (χ0) is 21.1. The zero-order valence-electron chi connectivity index (χ0n) is 17.8. The van der Waals surface area contributed by atoms with Gasteiger partial charge in [0, 0.05) is 30.9 Å². The molecule has 0 radical (unpaired) electrons. The van der Waals surface area contributed by atoms with Gasteiger partial charge in [0.15, 0.2) is 0 Å². The molecule has 3 aromatic rings. The summed E-state index contributed by atoms with van der Waals surface area (Å²) in [6.07, 6.45) is 0. The highest BCUT2D eigenvalue weighted by atomic mass is 16.5. The van der Waals surface area contributed by atoms with Crippen molar-refractivity contribution >= 4 is 5.91 Å². The van der Waals surface area contributed by atoms with Crippen LogP contribution in [0.3, 0.4) is 0 Å². The molecule has 2 heterocycles. The number of carbonyl (C=O) groups excluding carboxylic acids is 1. The molecule has 1 atom stereocenters. The minimum absolute atomic E-state index is 0.0235. The maximum atomic E-state index is 12.9. The van der Waals surface area contributed by atoms with Crippen LogP contribution in [-0.2, 0) is 4.79 Å². The molecular formula is C24H28N4O2. The number of hydrogen-bond acceptors (Lipinski definition) is 4. The third-order valence-corrected chi connectivity index (χ3v) is 5.60. The summed E-state index contributed by atoms with van der Waals surface area (Å²) >= 11 is 0. The molecule has 1 amide bonds. The average Bonchev–Trinajstić information content (AvgIpc) is 3.04. The largest absolute Gasteiger partial charge is 0.492 e. The maximum absolute atomic E-state index is 12.9. The molecule has 30 heavy (non-hydrogen) atoms. The van der Waals surface area contributed by atoms with Gasteiger partial charge < -0.3 is 10.1 Å². The number of para-hydroxylation sites is 1. The average molecular weight is 405 g/mol. The standard InChI is InChI=1S/C24H28N4O2/c1-17-9-11-21(12-10-17)30-16-15-27-14-13-25-24(29)23(27)22-18(2)26-28(19(22)3)20-7-5-4-6-8-20/h4-12,23H,13-16H2,1-3H3,(H,25,29). The second kappa shape index (κ2) is 8.71. The van der Waals surface area contributed by atoms with Crippen molar-refractivity contribution in [2.75, 3.05) is 26.2 Å². The van der Waals surface area contributed by atoms with Crippen LogP contribution in [0.5, 0.6) is 5.75 Å². The Balaban J connectivity index is 1.55. The Labute approximate surface area is 177 Å². The minimum Gasteiger partial charge on any atom is -0.492 e. The number of piperazine rings is 1. The molecule has 1 unspecified atom stereocenters. The van der Waals surface area contributed by atoms with E-state index in [1.165, 1.54) is 5.56 Å². The fourth-order valence-corrected chi connectivity index (χ4v) is 4.06. The lowest BCUT2D eigenvalue weighted by atomic mass is 10.0. The molecule has 0 saturated carbocycles. The van der Waals surface area contributed by atoms with Crippen LogP contribution in [0.15, 0.2) is 54.6 Å². The first-order valence-corrected chi connectivity index (χ1v) is 10.4. The normalized spacial score (nSPS) is 17.0. The molecule has 6 heteroatoms. The van der Waals surface area contributed by atoms with Crippen molar-refractivity contribution in [1.82, 2.24) is 20.0 Å². The highest BCUT2D eigenvalue weighted by molar-refractivity contribution is 5.84. The van der Waals surface area contributed by atoms with Gasteiger partial charge in [0.05, 0.1) is 11.4 Å². The van der Waals surface area contributed by atoms with Gasteiger partial charge in [-0.1, -0.05) is 35.9 Å². The van der Waals surface area contributed by atoms with Gasteiger partial charge in [-0.05, 0) is 45.0 Å². The smallest absolute Gasteiger partial charge is 0.242 e. The number of aromatic nitrogens is 2. The van der Waals surface area contributed by atoms with E-state index < -0.39 is 0 Å². The fourth-order valence-electron chi connectivity index (χ4n) is 4.06. The lowest BCUT2D eigenvalue weighted by Crippen LogP contribution is -2.51. The lowest BCUT2D eigenvalue weighted by Gasteiger charge is -2.35. The van der Waals surface area contributed by atoms with E-state index in [1.807, 2.05) is 73.1 Å². The summed E-state index contributed by atoms with van der Waals surface area (Å²) in [7, 11) is 0. The molecule has 156 valence electrons. The van der Waals surface area contributed by atoms with Gasteiger partial charge in [-0.2, -0.15) is 5.10 Å². The van der Waals surface area contributed by atoms with Crippen molar-refractivity contribution in [1.29, 1.82) is 0 Å². The van der Waals surface area contributed by atoms with E-state index in [0.29, 0.717) is 19.7 Å². The second-order valence-electron chi connectivity index (χ2n) is 7.72. The van der Waals surface area contributed by atoms with Gasteiger partial charge in [-0.15, -0.1) is 0 Å². The molecule has 6 nitrogen and oxygen atoms in total. The third kappa shape index (κ3) is 4.09. The highest BCUT2D eigenvalue weighted by Crippen LogP contribution is 2.30. The van der Waals surface area contributed by atoms with Gasteiger partial charge in [0.2, 0.25) is 5.91 Å². The summed E-state index contributed by atoms with van der Waals surface area (Å²) in [5, 5.41) is 7.76. The van der Waals surface area contributed by atoms with E-state index in [1.54, 1.807) is 0 Å². The summed E-state index contributed by atoms with van der Waals surface area (Å²) in [5.74, 6) is 0.873. The molecule has 1 aromatic heterocycles. The van der Waals surface area contributed by atoms with Crippen LogP contribution in [0.1, 0.15) is 28.6 Å². The molecule has 0 spiro atoms. The topological polar surface area (TPSA) is 59.4 Å². The van der Waals surface area contributed by atoms with Crippen molar-refractivity contribution in [2.45, 2.75) is 26.8 Å². The number of ether oxygens (including phenoxy) is 1. The van der Waals surface area contributed by atoms with Crippen molar-refractivity contribution in [3.05, 3.63) is 77.1 Å². The van der Waals surface area contributed by atoms with Crippen LogP contribution in [0.4, 0.5) is 0 Å². The number of hydrogen-bond donors (Lipinski definition) is 1. The van der Waals surface area contributed by atoms with Crippen molar-refractivity contribution in [3.8, 4) is 11.4 Å². The summed E-state index contributed by atoms with van der Waals surface area (Å²) in [5.41, 5.74) is 5.05. The molecule has 0 bridgehead atoms. The van der Waals surface area contributed by atoms with E-state index in [0.717, 1.165) is 34.9 Å². The number of nitrogens with zero attached hydrogens (tertiary/aromatic N) is 3. The Morgan fingerprint density at radius 2 is 1.80 bits per heavy atom. The summed E-state index contributed by atoms with van der Waals surface area (Å²) in [4.78, 5) is 15.1. The van der Waals surface area contributed by atoms with Gasteiger partial charge >= 0.3 is 0 Å². The lowest BCUT2D eigenvalue weighted by molar-refractivity contribution is -0.129. The van der Waals surface area contributed by atoms with Crippen LogP contribution in [-0.4, -0.2) is 46.8 Å². The summed E-state index contributed by atoms with van der Waals surface area (Å²) < 4.78 is 7.85. The first kappa shape index (κ1) is 20.2. The number of carbonyl (C=O) groups is 1. The SMILES string of the molecule is Cc1ccc(OCCN2CCNC(=O)C2c2c(C)nn(-c3ccccc3)c2C)cc1. The molecule has 1 fully saturated rings. The van der Waals surface area contributed by atoms with Crippen molar-refractivity contribution in [3.63, 3.8) is 0 Å². The summed E-state index contributed by atoms with van der Waals surface area (Å²) in [6.45, 7) is 8.68. The Morgan fingerprint density at radius 3 is 2.53 bits per heavy atom. The zero-order valence-corrected chi connectivity index (χ0v) is 17.8. The van der Waals surface area contributed by atoms with Crippen LogP contribution in [0.25, 0.3) is 5.69 Å². The molecule has 4 rings (SSSR count). The predicted molar refractivity (Wildman–Crippen MR) is 117 cm³/mol. The quantitative estimate of drug-likeness (QED) is 0.685. The number of aryl methyl sites for hydroxylation is 2. The number of benzene rings is 2. The van der Waals surface area contributed by atoms with Crippen molar-refractivity contribution < 1.29 is 9.53 Å². The molecule has 1 aliphatic rings. The van der Waals surface area contributed by atoms with E-state index in [4.69, 9.17) is 9.84 Å². The predicted octanol–water partition coefficient (Wildman–Crippen LogP) is 3.35. The molecular weight excluding hydrogens is 376 g/mol. The van der Waals surface area contributed by atoms with Crippen LogP contribution in [0, 0.1) is 20.8 Å². The molecule has 0 aliphatic carbocycles. The molecule has 2 aromatic carbocycles. The van der Waals surface area contributed by atoms with Crippen LogP contribution < -0.4 is 10.1 Å². The van der Waals surface area contributed by atoms with Crippen LogP contribution >= 0.6 is 0 Å². The molecule has 1 N–H and O–H groups in total. The molecule has 1 saturated heterocycles. The Morgan fingerprint density at radius 1 is 1.07 bits per heavy atom. The molecule has 1 aliphatic heterocycles. The van der Waals surface area contributed by atoms with Gasteiger partial charge in [0.1, 0.15) is 18.4 Å². The van der Waals surface area contributed by atoms with Crippen LogP contribution in [0.2, 0.25) is 0 Å². The Bertz CT molecular complexity index is 1010. The van der Waals surface area contributed by atoms with E-state index in [2.05, 4.69) is 17.1 Å². The first-order chi connectivity index (χ1) is 14.5. The van der Waals surface area contributed by atoms with E-state index in [-0.39, 0.29) is 11.9 Å². The summed E-state index contributed by atoms with van der Waals surface area (Å²) in [6, 6.07) is 17.7. The van der Waals surface area contributed by atoms with E-state index in [9.17, 15) is 4.79 Å².